The third kappa shape index (κ3) is 2.61. The Balaban J connectivity index is 2.45. The van der Waals surface area contributed by atoms with E-state index in [0.717, 1.165) is 10.8 Å². The van der Waals surface area contributed by atoms with E-state index >= 15 is 0 Å². The highest BCUT2D eigenvalue weighted by atomic mass is 16.1. The molecule has 2 aromatic rings. The Hall–Kier alpha value is -1.90. The Morgan fingerprint density at radius 3 is 2.71 bits per heavy atom. The lowest BCUT2D eigenvalue weighted by Gasteiger charge is -2.21. The van der Waals surface area contributed by atoms with Gasteiger partial charge in [0.25, 0.3) is 5.91 Å². The number of hydrogen-bond donors (Lipinski definition) is 1. The van der Waals surface area contributed by atoms with Crippen LogP contribution < -0.4 is 5.32 Å². The molecule has 0 fully saturated rings. The molecule has 1 aromatic heterocycles. The first-order chi connectivity index (χ1) is 7.97. The highest BCUT2D eigenvalue weighted by Crippen LogP contribution is 2.17. The zero-order chi connectivity index (χ0) is 12.5. The molecule has 0 spiro atoms. The summed E-state index contributed by atoms with van der Waals surface area (Å²) in [6, 6.07) is 7.60. The van der Waals surface area contributed by atoms with Gasteiger partial charge in [0.05, 0.1) is 0 Å². The van der Waals surface area contributed by atoms with Crippen LogP contribution in [0, 0.1) is 0 Å². The van der Waals surface area contributed by atoms with E-state index in [1.807, 2.05) is 45.0 Å². The van der Waals surface area contributed by atoms with Crippen LogP contribution in [0.5, 0.6) is 0 Å². The number of carbonyl (C=O) groups excluding carboxylic acids is 1. The van der Waals surface area contributed by atoms with Crippen LogP contribution in [0.25, 0.3) is 10.8 Å². The standard InChI is InChI=1S/C14H16N2O/c1-14(2,3)16-13(17)11-6-4-5-10-7-8-15-9-12(10)11/h4-9H,1-3H3,(H,16,17). The van der Waals surface area contributed by atoms with Gasteiger partial charge >= 0.3 is 0 Å². The van der Waals surface area contributed by atoms with Gasteiger partial charge < -0.3 is 5.32 Å². The van der Waals surface area contributed by atoms with Crippen LogP contribution in [0.3, 0.4) is 0 Å². The van der Waals surface area contributed by atoms with Gasteiger partial charge in [-0.2, -0.15) is 0 Å². The second-order valence-corrected chi connectivity index (χ2v) is 5.11. The minimum absolute atomic E-state index is 0.0592. The number of aromatic nitrogens is 1. The van der Waals surface area contributed by atoms with Crippen molar-refractivity contribution in [3.05, 3.63) is 42.2 Å². The van der Waals surface area contributed by atoms with Gasteiger partial charge in [0.1, 0.15) is 0 Å². The largest absolute Gasteiger partial charge is 0.347 e. The molecule has 0 atom stereocenters. The normalized spacial score (nSPS) is 11.5. The fourth-order valence-electron chi connectivity index (χ4n) is 1.72. The van der Waals surface area contributed by atoms with Crippen molar-refractivity contribution in [2.75, 3.05) is 0 Å². The molecule has 3 nitrogen and oxygen atoms in total. The monoisotopic (exact) mass is 228 g/mol. The second-order valence-electron chi connectivity index (χ2n) is 5.11. The average Bonchev–Trinajstić information content (AvgIpc) is 2.26. The summed E-state index contributed by atoms with van der Waals surface area (Å²) in [6.45, 7) is 5.90. The van der Waals surface area contributed by atoms with Crippen LogP contribution in [0.15, 0.2) is 36.7 Å². The maximum Gasteiger partial charge on any atom is 0.252 e. The van der Waals surface area contributed by atoms with Gasteiger partial charge in [-0.3, -0.25) is 9.78 Å². The van der Waals surface area contributed by atoms with Crippen molar-refractivity contribution in [3.8, 4) is 0 Å². The Morgan fingerprint density at radius 1 is 1.24 bits per heavy atom. The summed E-state index contributed by atoms with van der Waals surface area (Å²) in [5.41, 5.74) is 0.437. The molecule has 88 valence electrons. The number of benzene rings is 1. The van der Waals surface area contributed by atoms with Crippen molar-refractivity contribution >= 4 is 16.7 Å². The van der Waals surface area contributed by atoms with E-state index in [1.54, 1.807) is 12.4 Å². The van der Waals surface area contributed by atoms with E-state index in [-0.39, 0.29) is 11.4 Å². The number of nitrogens with zero attached hydrogens (tertiary/aromatic N) is 1. The zero-order valence-electron chi connectivity index (χ0n) is 10.3. The molecule has 0 bridgehead atoms. The molecule has 0 unspecified atom stereocenters. The predicted molar refractivity (Wildman–Crippen MR) is 69.0 cm³/mol. The molecule has 1 aromatic carbocycles. The lowest BCUT2D eigenvalue weighted by atomic mass is 10.0. The lowest BCUT2D eigenvalue weighted by molar-refractivity contribution is 0.0921. The molecule has 0 saturated carbocycles. The highest BCUT2D eigenvalue weighted by Gasteiger charge is 2.16. The van der Waals surface area contributed by atoms with E-state index in [0.29, 0.717) is 5.56 Å². The van der Waals surface area contributed by atoms with Crippen molar-refractivity contribution in [1.82, 2.24) is 10.3 Å². The van der Waals surface area contributed by atoms with Gasteiger partial charge in [0, 0.05) is 28.9 Å². The summed E-state index contributed by atoms with van der Waals surface area (Å²) in [7, 11) is 0. The molecule has 0 aliphatic rings. The first-order valence-corrected chi connectivity index (χ1v) is 5.63. The topological polar surface area (TPSA) is 42.0 Å². The molecule has 1 N–H and O–H groups in total. The average molecular weight is 228 g/mol. The Bertz CT molecular complexity index is 550. The number of pyridine rings is 1. The highest BCUT2D eigenvalue weighted by molar-refractivity contribution is 6.06. The predicted octanol–water partition coefficient (Wildman–Crippen LogP) is 2.76. The third-order valence-corrected chi connectivity index (χ3v) is 2.42. The molecule has 0 aliphatic carbocycles. The Labute approximate surface area is 101 Å². The summed E-state index contributed by atoms with van der Waals surface area (Å²) >= 11 is 0. The summed E-state index contributed by atoms with van der Waals surface area (Å²) in [4.78, 5) is 16.2. The van der Waals surface area contributed by atoms with Crippen molar-refractivity contribution in [3.63, 3.8) is 0 Å². The van der Waals surface area contributed by atoms with Crippen LogP contribution >= 0.6 is 0 Å². The number of fused-ring (bicyclic) bond motifs is 1. The van der Waals surface area contributed by atoms with Gasteiger partial charge in [0.15, 0.2) is 0 Å². The van der Waals surface area contributed by atoms with Gasteiger partial charge in [-0.1, -0.05) is 12.1 Å². The molecular formula is C14H16N2O. The van der Waals surface area contributed by atoms with Crippen LogP contribution in [-0.4, -0.2) is 16.4 Å². The van der Waals surface area contributed by atoms with Gasteiger partial charge in [-0.05, 0) is 38.3 Å². The SMILES string of the molecule is CC(C)(C)NC(=O)c1cccc2ccncc12. The van der Waals surface area contributed by atoms with E-state index in [4.69, 9.17) is 0 Å². The number of nitrogens with one attached hydrogen (secondary N) is 1. The lowest BCUT2D eigenvalue weighted by Crippen LogP contribution is -2.40. The molecular weight excluding hydrogens is 212 g/mol. The van der Waals surface area contributed by atoms with E-state index in [2.05, 4.69) is 10.3 Å². The van der Waals surface area contributed by atoms with E-state index in [9.17, 15) is 4.79 Å². The molecule has 0 radical (unpaired) electrons. The number of hydrogen-bond acceptors (Lipinski definition) is 2. The maximum absolute atomic E-state index is 12.1. The fraction of sp³-hybridized carbons (Fsp3) is 0.286. The smallest absolute Gasteiger partial charge is 0.252 e. The Kier molecular flexibility index (Phi) is 2.84. The summed E-state index contributed by atoms with van der Waals surface area (Å²) in [5.74, 6) is -0.0592. The first kappa shape index (κ1) is 11.6. The van der Waals surface area contributed by atoms with Gasteiger partial charge in [-0.15, -0.1) is 0 Å². The second kappa shape index (κ2) is 4.17. The van der Waals surface area contributed by atoms with Crippen LogP contribution in [0.2, 0.25) is 0 Å². The van der Waals surface area contributed by atoms with Crippen molar-refractivity contribution in [1.29, 1.82) is 0 Å². The van der Waals surface area contributed by atoms with E-state index < -0.39 is 0 Å². The summed E-state index contributed by atoms with van der Waals surface area (Å²) in [5, 5.41) is 4.88. The molecule has 0 aliphatic heterocycles. The number of amides is 1. The van der Waals surface area contributed by atoms with Crippen molar-refractivity contribution in [2.45, 2.75) is 26.3 Å². The quantitative estimate of drug-likeness (QED) is 0.815. The van der Waals surface area contributed by atoms with Crippen LogP contribution in [-0.2, 0) is 0 Å². The fourth-order valence-corrected chi connectivity index (χ4v) is 1.72. The molecule has 1 amide bonds. The molecule has 3 heteroatoms. The van der Waals surface area contributed by atoms with Crippen LogP contribution in [0.4, 0.5) is 0 Å². The third-order valence-electron chi connectivity index (χ3n) is 2.42. The molecule has 2 rings (SSSR count). The molecule has 17 heavy (non-hydrogen) atoms. The van der Waals surface area contributed by atoms with Crippen molar-refractivity contribution in [2.24, 2.45) is 0 Å². The van der Waals surface area contributed by atoms with Crippen LogP contribution in [0.1, 0.15) is 31.1 Å². The van der Waals surface area contributed by atoms with Crippen molar-refractivity contribution < 1.29 is 4.79 Å². The maximum atomic E-state index is 12.1. The van der Waals surface area contributed by atoms with E-state index in [1.165, 1.54) is 0 Å². The van der Waals surface area contributed by atoms with Gasteiger partial charge in [0.2, 0.25) is 0 Å². The minimum Gasteiger partial charge on any atom is -0.347 e. The summed E-state index contributed by atoms with van der Waals surface area (Å²) in [6.07, 6.45) is 3.46. The molecule has 0 saturated heterocycles. The number of rotatable bonds is 1. The minimum atomic E-state index is -0.235. The first-order valence-electron chi connectivity index (χ1n) is 5.63. The Morgan fingerprint density at radius 2 is 2.00 bits per heavy atom. The zero-order valence-corrected chi connectivity index (χ0v) is 10.3. The molecule has 1 heterocycles. The van der Waals surface area contributed by atoms with Gasteiger partial charge in [-0.25, -0.2) is 0 Å². The number of carbonyl (C=O) groups is 1. The summed E-state index contributed by atoms with van der Waals surface area (Å²) < 4.78 is 0.